The zero-order chi connectivity index (χ0) is 15.9. The van der Waals surface area contributed by atoms with Crippen molar-refractivity contribution in [2.45, 2.75) is 4.90 Å². The Hall–Kier alpha value is -2.16. The summed E-state index contributed by atoms with van der Waals surface area (Å²) in [5.74, 6) is -2.90. The number of hydrogen-bond acceptors (Lipinski definition) is 4. The number of carbonyl (C=O) groups is 2. The lowest BCUT2D eigenvalue weighted by Gasteiger charge is -2.11. The third-order valence-electron chi connectivity index (χ3n) is 2.81. The fourth-order valence-electron chi connectivity index (χ4n) is 1.99. The van der Waals surface area contributed by atoms with Crippen molar-refractivity contribution >= 4 is 44.4 Å². The first-order valence-corrected chi connectivity index (χ1v) is 7.15. The molecule has 0 unspecified atom stereocenters. The maximum absolute atomic E-state index is 11.4. The molecular formula is C12H7ClO7S. The van der Waals surface area contributed by atoms with Crippen molar-refractivity contribution in [2.75, 3.05) is 0 Å². The first kappa shape index (κ1) is 15.2. The van der Waals surface area contributed by atoms with E-state index in [0.717, 1.165) is 24.3 Å². The number of hydrogen-bond donors (Lipinski definition) is 3. The van der Waals surface area contributed by atoms with E-state index in [9.17, 15) is 22.6 Å². The Morgan fingerprint density at radius 3 is 1.81 bits per heavy atom. The highest BCUT2D eigenvalue weighted by Crippen LogP contribution is 2.34. The molecule has 0 bridgehead atoms. The molecular weight excluding hydrogens is 324 g/mol. The molecule has 21 heavy (non-hydrogen) atoms. The van der Waals surface area contributed by atoms with Crippen LogP contribution in [-0.2, 0) is 10.1 Å². The normalized spacial score (nSPS) is 11.5. The summed E-state index contributed by atoms with van der Waals surface area (Å²) in [6.45, 7) is 0. The molecule has 110 valence electrons. The van der Waals surface area contributed by atoms with Crippen LogP contribution in [0.3, 0.4) is 0 Å². The van der Waals surface area contributed by atoms with Gasteiger partial charge in [0, 0.05) is 15.8 Å². The number of benzene rings is 2. The van der Waals surface area contributed by atoms with Crippen LogP contribution < -0.4 is 0 Å². The maximum atomic E-state index is 11.4. The van der Waals surface area contributed by atoms with E-state index < -0.39 is 38.1 Å². The SMILES string of the molecule is O=C(O)c1ccc(Cl)c2c(S(=O)(=O)O)ccc(C(=O)O)c12. The molecule has 0 fully saturated rings. The van der Waals surface area contributed by atoms with Gasteiger partial charge in [-0.2, -0.15) is 8.42 Å². The van der Waals surface area contributed by atoms with Gasteiger partial charge in [-0.3, -0.25) is 4.55 Å². The Labute approximate surface area is 123 Å². The Morgan fingerprint density at radius 1 is 0.905 bits per heavy atom. The van der Waals surface area contributed by atoms with Crippen LogP contribution in [0.25, 0.3) is 10.8 Å². The first-order valence-electron chi connectivity index (χ1n) is 5.34. The minimum absolute atomic E-state index is 0.189. The molecule has 0 aliphatic rings. The van der Waals surface area contributed by atoms with Gasteiger partial charge in [-0.1, -0.05) is 11.6 Å². The van der Waals surface area contributed by atoms with Crippen LogP contribution >= 0.6 is 11.6 Å². The van der Waals surface area contributed by atoms with Gasteiger partial charge in [0.1, 0.15) is 4.90 Å². The number of carboxylic acid groups (broad SMARTS) is 2. The van der Waals surface area contributed by atoms with Crippen LogP contribution in [0.4, 0.5) is 0 Å². The second-order valence-electron chi connectivity index (χ2n) is 4.04. The molecule has 0 radical (unpaired) electrons. The third kappa shape index (κ3) is 2.56. The van der Waals surface area contributed by atoms with Crippen molar-refractivity contribution in [1.29, 1.82) is 0 Å². The van der Waals surface area contributed by atoms with E-state index in [1.807, 2.05) is 0 Å². The first-order chi connectivity index (χ1) is 9.64. The number of fused-ring (bicyclic) bond motifs is 1. The van der Waals surface area contributed by atoms with Gasteiger partial charge in [0.25, 0.3) is 10.1 Å². The summed E-state index contributed by atoms with van der Waals surface area (Å²) in [6.07, 6.45) is 0. The standard InChI is InChI=1S/C12H7ClO7S/c13-7-3-1-5(11(14)15)9-6(12(16)17)2-4-8(10(7)9)21(18,19)20/h1-4H,(H,14,15)(H,16,17)(H,18,19,20). The average Bonchev–Trinajstić information content (AvgIpc) is 2.36. The highest BCUT2D eigenvalue weighted by atomic mass is 35.5. The number of halogens is 1. The molecule has 0 amide bonds. The largest absolute Gasteiger partial charge is 0.478 e. The summed E-state index contributed by atoms with van der Waals surface area (Å²) in [7, 11) is -4.71. The molecule has 0 spiro atoms. The van der Waals surface area contributed by atoms with Gasteiger partial charge >= 0.3 is 11.9 Å². The Balaban J connectivity index is 3.17. The van der Waals surface area contributed by atoms with Gasteiger partial charge in [-0.05, 0) is 24.3 Å². The predicted octanol–water partition coefficient (Wildman–Crippen LogP) is 2.14. The third-order valence-corrected chi connectivity index (χ3v) is 4.02. The Kier molecular flexibility index (Phi) is 3.62. The van der Waals surface area contributed by atoms with E-state index in [0.29, 0.717) is 0 Å². The number of rotatable bonds is 3. The second-order valence-corrected chi connectivity index (χ2v) is 5.84. The van der Waals surface area contributed by atoms with Crippen LogP contribution in [0.5, 0.6) is 0 Å². The fraction of sp³-hybridized carbons (Fsp3) is 0. The van der Waals surface area contributed by atoms with Crippen molar-refractivity contribution in [2.24, 2.45) is 0 Å². The van der Waals surface area contributed by atoms with E-state index in [1.165, 1.54) is 0 Å². The molecule has 0 atom stereocenters. The predicted molar refractivity (Wildman–Crippen MR) is 72.7 cm³/mol. The van der Waals surface area contributed by atoms with Crippen LogP contribution in [0.15, 0.2) is 29.2 Å². The number of aromatic carboxylic acids is 2. The molecule has 2 rings (SSSR count). The van der Waals surface area contributed by atoms with Crippen molar-refractivity contribution in [3.05, 3.63) is 40.4 Å². The van der Waals surface area contributed by atoms with Gasteiger partial charge < -0.3 is 10.2 Å². The van der Waals surface area contributed by atoms with Crippen molar-refractivity contribution in [3.63, 3.8) is 0 Å². The van der Waals surface area contributed by atoms with Crippen molar-refractivity contribution < 1.29 is 32.8 Å². The summed E-state index contributed by atoms with van der Waals surface area (Å²) >= 11 is 5.86. The minimum Gasteiger partial charge on any atom is -0.478 e. The van der Waals surface area contributed by atoms with Crippen LogP contribution in [0.1, 0.15) is 20.7 Å². The van der Waals surface area contributed by atoms with Gasteiger partial charge in [0.15, 0.2) is 0 Å². The summed E-state index contributed by atoms with van der Waals surface area (Å²) in [4.78, 5) is 21.8. The van der Waals surface area contributed by atoms with Crippen LogP contribution in [0.2, 0.25) is 5.02 Å². The van der Waals surface area contributed by atoms with Crippen LogP contribution in [0, 0.1) is 0 Å². The summed E-state index contributed by atoms with van der Waals surface area (Å²) in [5.41, 5.74) is -0.866. The molecule has 0 saturated heterocycles. The molecule has 0 aromatic heterocycles. The Morgan fingerprint density at radius 2 is 1.38 bits per heavy atom. The molecule has 2 aromatic carbocycles. The topological polar surface area (TPSA) is 129 Å². The molecule has 3 N–H and O–H groups in total. The Bertz CT molecular complexity index is 866. The molecule has 9 heteroatoms. The van der Waals surface area contributed by atoms with Gasteiger partial charge in [0.05, 0.1) is 11.1 Å². The minimum atomic E-state index is -4.71. The lowest BCUT2D eigenvalue weighted by Crippen LogP contribution is -2.08. The van der Waals surface area contributed by atoms with Gasteiger partial charge in [-0.15, -0.1) is 0 Å². The van der Waals surface area contributed by atoms with E-state index in [1.54, 1.807) is 0 Å². The van der Waals surface area contributed by atoms with E-state index in [-0.39, 0.29) is 15.8 Å². The molecule has 0 saturated carbocycles. The van der Waals surface area contributed by atoms with Crippen LogP contribution in [-0.4, -0.2) is 35.1 Å². The van der Waals surface area contributed by atoms with Crippen molar-refractivity contribution in [3.8, 4) is 0 Å². The summed E-state index contributed by atoms with van der Waals surface area (Å²) in [6, 6.07) is 3.94. The zero-order valence-electron chi connectivity index (χ0n) is 10.1. The van der Waals surface area contributed by atoms with Gasteiger partial charge in [0.2, 0.25) is 0 Å². The fourth-order valence-corrected chi connectivity index (χ4v) is 3.02. The maximum Gasteiger partial charge on any atom is 0.336 e. The average molecular weight is 331 g/mol. The second kappa shape index (κ2) is 4.99. The lowest BCUT2D eigenvalue weighted by molar-refractivity contribution is 0.0695. The molecule has 0 aliphatic carbocycles. The highest BCUT2D eigenvalue weighted by Gasteiger charge is 2.24. The monoisotopic (exact) mass is 330 g/mol. The molecule has 0 aliphatic heterocycles. The lowest BCUT2D eigenvalue weighted by atomic mass is 9.99. The molecule has 2 aromatic rings. The zero-order valence-corrected chi connectivity index (χ0v) is 11.6. The highest BCUT2D eigenvalue weighted by molar-refractivity contribution is 7.86. The van der Waals surface area contributed by atoms with E-state index in [2.05, 4.69) is 0 Å². The van der Waals surface area contributed by atoms with E-state index in [4.69, 9.17) is 21.8 Å². The summed E-state index contributed by atoms with van der Waals surface area (Å²) < 4.78 is 31.9. The van der Waals surface area contributed by atoms with Gasteiger partial charge in [-0.25, -0.2) is 9.59 Å². The summed E-state index contributed by atoms with van der Waals surface area (Å²) in [5, 5.41) is 17.4. The molecule has 0 heterocycles. The number of carboxylic acids is 2. The molecule has 7 nitrogen and oxygen atoms in total. The van der Waals surface area contributed by atoms with E-state index >= 15 is 0 Å². The van der Waals surface area contributed by atoms with Crippen molar-refractivity contribution in [1.82, 2.24) is 0 Å². The smallest absolute Gasteiger partial charge is 0.336 e. The quantitative estimate of drug-likeness (QED) is 0.735.